The molecule has 0 bridgehead atoms. The molecule has 4 nitrogen and oxygen atoms in total. The molecule has 100 valence electrons. The minimum absolute atomic E-state index is 0.272. The molecule has 1 heterocycles. The molecule has 0 radical (unpaired) electrons. The van der Waals surface area contributed by atoms with Gasteiger partial charge in [0.05, 0.1) is 6.61 Å². The van der Waals surface area contributed by atoms with Crippen molar-refractivity contribution in [2.24, 2.45) is 5.92 Å². The predicted molar refractivity (Wildman–Crippen MR) is 70.0 cm³/mol. The standard InChI is InChI=1S/C14H21NO3/c1-16-11-18-14-6-4-13(5-7-14)17-10-12-3-2-8-15-9-12/h4-7,12,15H,2-3,8-11H2,1H3/t12-/m0/s1. The van der Waals surface area contributed by atoms with Gasteiger partial charge in [0, 0.05) is 19.6 Å². The van der Waals surface area contributed by atoms with Crippen molar-refractivity contribution in [3.63, 3.8) is 0 Å². The van der Waals surface area contributed by atoms with Gasteiger partial charge in [0.25, 0.3) is 0 Å². The fourth-order valence-electron chi connectivity index (χ4n) is 2.04. The predicted octanol–water partition coefficient (Wildman–Crippen LogP) is 2.05. The van der Waals surface area contributed by atoms with Crippen LogP contribution < -0.4 is 14.8 Å². The van der Waals surface area contributed by atoms with Crippen LogP contribution in [0, 0.1) is 5.92 Å². The van der Waals surface area contributed by atoms with Gasteiger partial charge in [-0.15, -0.1) is 0 Å². The topological polar surface area (TPSA) is 39.7 Å². The summed E-state index contributed by atoms with van der Waals surface area (Å²) in [5.41, 5.74) is 0. The lowest BCUT2D eigenvalue weighted by Crippen LogP contribution is -2.33. The number of rotatable bonds is 6. The van der Waals surface area contributed by atoms with E-state index in [0.717, 1.165) is 31.2 Å². The normalized spacial score (nSPS) is 19.5. The first kappa shape index (κ1) is 13.2. The van der Waals surface area contributed by atoms with Crippen LogP contribution in [0.5, 0.6) is 11.5 Å². The van der Waals surface area contributed by atoms with Crippen LogP contribution in [-0.4, -0.2) is 33.6 Å². The van der Waals surface area contributed by atoms with Crippen LogP contribution in [0.25, 0.3) is 0 Å². The number of ether oxygens (including phenoxy) is 3. The van der Waals surface area contributed by atoms with Crippen molar-refractivity contribution in [3.05, 3.63) is 24.3 Å². The molecule has 2 rings (SSSR count). The second kappa shape index (κ2) is 7.24. The van der Waals surface area contributed by atoms with E-state index in [0.29, 0.717) is 5.92 Å². The molecule has 1 aromatic carbocycles. The first-order chi connectivity index (χ1) is 8.88. The van der Waals surface area contributed by atoms with Crippen molar-refractivity contribution in [1.82, 2.24) is 5.32 Å². The SMILES string of the molecule is COCOc1ccc(OC[C@H]2CCCNC2)cc1. The maximum absolute atomic E-state index is 5.78. The van der Waals surface area contributed by atoms with Gasteiger partial charge in [0.15, 0.2) is 6.79 Å². The van der Waals surface area contributed by atoms with E-state index in [2.05, 4.69) is 5.32 Å². The minimum atomic E-state index is 0.272. The third kappa shape index (κ3) is 4.20. The van der Waals surface area contributed by atoms with Gasteiger partial charge >= 0.3 is 0 Å². The van der Waals surface area contributed by atoms with E-state index >= 15 is 0 Å². The van der Waals surface area contributed by atoms with Gasteiger partial charge in [-0.1, -0.05) is 0 Å². The summed E-state index contributed by atoms with van der Waals surface area (Å²) in [5.74, 6) is 2.32. The molecular formula is C14H21NO3. The zero-order valence-electron chi connectivity index (χ0n) is 10.9. The Labute approximate surface area is 108 Å². The van der Waals surface area contributed by atoms with E-state index in [1.807, 2.05) is 24.3 Å². The fourth-order valence-corrected chi connectivity index (χ4v) is 2.04. The van der Waals surface area contributed by atoms with Crippen LogP contribution in [0.1, 0.15) is 12.8 Å². The number of methoxy groups -OCH3 is 1. The summed E-state index contributed by atoms with van der Waals surface area (Å²) < 4.78 is 15.9. The van der Waals surface area contributed by atoms with E-state index in [1.165, 1.54) is 12.8 Å². The summed E-state index contributed by atoms with van der Waals surface area (Å²) in [5, 5.41) is 3.39. The molecule has 1 atom stereocenters. The zero-order valence-corrected chi connectivity index (χ0v) is 10.9. The molecule has 1 aliphatic heterocycles. The van der Waals surface area contributed by atoms with E-state index in [1.54, 1.807) is 7.11 Å². The number of benzene rings is 1. The highest BCUT2D eigenvalue weighted by atomic mass is 16.7. The van der Waals surface area contributed by atoms with E-state index in [9.17, 15) is 0 Å². The van der Waals surface area contributed by atoms with Crippen LogP contribution in [-0.2, 0) is 4.74 Å². The van der Waals surface area contributed by atoms with Crippen molar-refractivity contribution in [2.75, 3.05) is 33.6 Å². The van der Waals surface area contributed by atoms with Gasteiger partial charge in [-0.3, -0.25) is 0 Å². The Balaban J connectivity index is 1.75. The Morgan fingerprint density at radius 3 is 2.50 bits per heavy atom. The quantitative estimate of drug-likeness (QED) is 0.785. The Morgan fingerprint density at radius 1 is 1.17 bits per heavy atom. The highest BCUT2D eigenvalue weighted by Crippen LogP contribution is 2.19. The highest BCUT2D eigenvalue weighted by Gasteiger charge is 2.13. The average Bonchev–Trinajstić information content (AvgIpc) is 2.45. The number of hydrogen-bond acceptors (Lipinski definition) is 4. The second-order valence-electron chi connectivity index (χ2n) is 4.55. The Hall–Kier alpha value is -1.26. The monoisotopic (exact) mass is 251 g/mol. The summed E-state index contributed by atoms with van der Waals surface area (Å²) in [6.45, 7) is 3.26. The molecular weight excluding hydrogens is 230 g/mol. The lowest BCUT2D eigenvalue weighted by Gasteiger charge is -2.22. The van der Waals surface area contributed by atoms with E-state index in [-0.39, 0.29) is 6.79 Å². The number of nitrogens with one attached hydrogen (secondary N) is 1. The fraction of sp³-hybridized carbons (Fsp3) is 0.571. The number of hydrogen-bond donors (Lipinski definition) is 1. The molecule has 1 fully saturated rings. The summed E-state index contributed by atoms with van der Waals surface area (Å²) in [4.78, 5) is 0. The van der Waals surface area contributed by atoms with Crippen molar-refractivity contribution in [3.8, 4) is 11.5 Å². The third-order valence-corrected chi connectivity index (χ3v) is 3.05. The van der Waals surface area contributed by atoms with Crippen molar-refractivity contribution in [2.45, 2.75) is 12.8 Å². The van der Waals surface area contributed by atoms with Crippen LogP contribution >= 0.6 is 0 Å². The molecule has 0 saturated carbocycles. The maximum atomic E-state index is 5.78. The second-order valence-corrected chi connectivity index (χ2v) is 4.55. The first-order valence-electron chi connectivity index (χ1n) is 6.44. The largest absolute Gasteiger partial charge is 0.493 e. The molecule has 0 amide bonds. The molecule has 18 heavy (non-hydrogen) atoms. The lowest BCUT2D eigenvalue weighted by atomic mass is 10.0. The average molecular weight is 251 g/mol. The molecule has 0 unspecified atom stereocenters. The third-order valence-electron chi connectivity index (χ3n) is 3.05. The molecule has 1 saturated heterocycles. The maximum Gasteiger partial charge on any atom is 0.188 e. The summed E-state index contributed by atoms with van der Waals surface area (Å²) in [6, 6.07) is 7.66. The zero-order chi connectivity index (χ0) is 12.6. The Bertz CT molecular complexity index is 333. The Kier molecular flexibility index (Phi) is 5.30. The van der Waals surface area contributed by atoms with Gasteiger partial charge in [-0.25, -0.2) is 0 Å². The molecule has 4 heteroatoms. The van der Waals surface area contributed by atoms with Crippen LogP contribution in [0.2, 0.25) is 0 Å². The van der Waals surface area contributed by atoms with E-state index < -0.39 is 0 Å². The van der Waals surface area contributed by atoms with Crippen molar-refractivity contribution >= 4 is 0 Å². The number of piperidine rings is 1. The smallest absolute Gasteiger partial charge is 0.188 e. The van der Waals surface area contributed by atoms with Crippen molar-refractivity contribution < 1.29 is 14.2 Å². The summed E-state index contributed by atoms with van der Waals surface area (Å²) in [7, 11) is 1.61. The summed E-state index contributed by atoms with van der Waals surface area (Å²) >= 11 is 0. The van der Waals surface area contributed by atoms with Gasteiger partial charge in [0.2, 0.25) is 0 Å². The molecule has 1 aromatic rings. The minimum Gasteiger partial charge on any atom is -0.493 e. The molecule has 0 aromatic heterocycles. The van der Waals surface area contributed by atoms with Crippen molar-refractivity contribution in [1.29, 1.82) is 0 Å². The van der Waals surface area contributed by atoms with Gasteiger partial charge < -0.3 is 19.5 Å². The molecule has 0 spiro atoms. The first-order valence-corrected chi connectivity index (χ1v) is 6.44. The highest BCUT2D eigenvalue weighted by molar-refractivity contribution is 5.31. The van der Waals surface area contributed by atoms with Crippen LogP contribution in [0.3, 0.4) is 0 Å². The molecule has 1 N–H and O–H groups in total. The van der Waals surface area contributed by atoms with E-state index in [4.69, 9.17) is 14.2 Å². The lowest BCUT2D eigenvalue weighted by molar-refractivity contribution is 0.0510. The van der Waals surface area contributed by atoms with Gasteiger partial charge in [0.1, 0.15) is 11.5 Å². The molecule has 0 aliphatic carbocycles. The van der Waals surface area contributed by atoms with Crippen LogP contribution in [0.15, 0.2) is 24.3 Å². The van der Waals surface area contributed by atoms with Crippen LogP contribution in [0.4, 0.5) is 0 Å². The van der Waals surface area contributed by atoms with Gasteiger partial charge in [-0.05, 0) is 43.7 Å². The Morgan fingerprint density at radius 2 is 1.89 bits per heavy atom. The molecule has 1 aliphatic rings. The van der Waals surface area contributed by atoms with Gasteiger partial charge in [-0.2, -0.15) is 0 Å². The summed E-state index contributed by atoms with van der Waals surface area (Å²) in [6.07, 6.45) is 2.50.